The molecule has 1 aliphatic heterocycles. The molecule has 0 aromatic heterocycles. The van der Waals surface area contributed by atoms with Gasteiger partial charge in [-0.2, -0.15) is 0 Å². The van der Waals surface area contributed by atoms with Crippen LogP contribution in [0.25, 0.3) is 0 Å². The van der Waals surface area contributed by atoms with Crippen molar-refractivity contribution in [2.45, 2.75) is 50.6 Å². The number of hydrogen-bond acceptors (Lipinski definition) is 2. The Bertz CT molecular complexity index is 329. The standard InChI is InChI=1S/C12H18N2O2/c15-11-4-3-9(13-11)12(16)14-10-6-7-1-2-8(10)5-7/h7-10H,1-6H2,(H,13,15)(H,14,16)/t7-,8-,9+,10+/m0/s1. The Morgan fingerprint density at radius 2 is 2.12 bits per heavy atom. The number of rotatable bonds is 2. The van der Waals surface area contributed by atoms with E-state index >= 15 is 0 Å². The van der Waals surface area contributed by atoms with Crippen LogP contribution in [0, 0.1) is 11.8 Å². The first-order valence-electron chi connectivity index (χ1n) is 6.32. The zero-order valence-corrected chi connectivity index (χ0v) is 9.37. The van der Waals surface area contributed by atoms with Gasteiger partial charge < -0.3 is 10.6 Å². The zero-order valence-electron chi connectivity index (χ0n) is 9.37. The number of amides is 2. The van der Waals surface area contributed by atoms with Crippen LogP contribution in [-0.4, -0.2) is 23.9 Å². The molecule has 4 heteroatoms. The van der Waals surface area contributed by atoms with Gasteiger partial charge in [-0.1, -0.05) is 6.42 Å². The molecule has 16 heavy (non-hydrogen) atoms. The van der Waals surface area contributed by atoms with Crippen molar-refractivity contribution in [3.63, 3.8) is 0 Å². The summed E-state index contributed by atoms with van der Waals surface area (Å²) in [5, 5.41) is 5.84. The van der Waals surface area contributed by atoms with Gasteiger partial charge in [-0.05, 0) is 37.5 Å². The fourth-order valence-corrected chi connectivity index (χ4v) is 3.52. The number of hydrogen-bond donors (Lipinski definition) is 2. The third-order valence-electron chi connectivity index (χ3n) is 4.38. The molecule has 2 bridgehead atoms. The molecule has 2 N–H and O–H groups in total. The third kappa shape index (κ3) is 1.70. The maximum absolute atomic E-state index is 11.9. The topological polar surface area (TPSA) is 58.2 Å². The van der Waals surface area contributed by atoms with E-state index in [1.54, 1.807) is 0 Å². The van der Waals surface area contributed by atoms with Crippen molar-refractivity contribution in [1.82, 2.24) is 10.6 Å². The SMILES string of the molecule is O=C1CC[C@H](C(=O)N[C@@H]2C[C@H]3CC[C@H]2C3)N1. The second kappa shape index (κ2) is 3.75. The summed E-state index contributed by atoms with van der Waals surface area (Å²) in [5.41, 5.74) is 0. The highest BCUT2D eigenvalue weighted by Gasteiger charge is 2.41. The van der Waals surface area contributed by atoms with Crippen LogP contribution in [0.5, 0.6) is 0 Å². The Morgan fingerprint density at radius 3 is 2.69 bits per heavy atom. The fourth-order valence-electron chi connectivity index (χ4n) is 3.52. The highest BCUT2D eigenvalue weighted by atomic mass is 16.2. The predicted molar refractivity (Wildman–Crippen MR) is 58.5 cm³/mol. The Hall–Kier alpha value is -1.06. The van der Waals surface area contributed by atoms with E-state index in [0.29, 0.717) is 24.8 Å². The maximum Gasteiger partial charge on any atom is 0.242 e. The maximum atomic E-state index is 11.9. The molecule has 0 unspecified atom stereocenters. The molecule has 4 nitrogen and oxygen atoms in total. The highest BCUT2D eigenvalue weighted by molar-refractivity contribution is 5.90. The van der Waals surface area contributed by atoms with E-state index in [1.165, 1.54) is 19.3 Å². The summed E-state index contributed by atoms with van der Waals surface area (Å²) < 4.78 is 0. The van der Waals surface area contributed by atoms with E-state index < -0.39 is 0 Å². The smallest absolute Gasteiger partial charge is 0.242 e. The molecule has 1 saturated heterocycles. The second-order valence-electron chi connectivity index (χ2n) is 5.45. The average molecular weight is 222 g/mol. The van der Waals surface area contributed by atoms with Crippen molar-refractivity contribution >= 4 is 11.8 Å². The Balaban J connectivity index is 1.55. The molecule has 4 atom stereocenters. The van der Waals surface area contributed by atoms with Crippen molar-refractivity contribution in [2.75, 3.05) is 0 Å². The summed E-state index contributed by atoms with van der Waals surface area (Å²) in [6.07, 6.45) is 6.21. The van der Waals surface area contributed by atoms with Gasteiger partial charge in [0.15, 0.2) is 0 Å². The molecule has 2 aliphatic carbocycles. The van der Waals surface area contributed by atoms with Crippen molar-refractivity contribution in [2.24, 2.45) is 11.8 Å². The summed E-state index contributed by atoms with van der Waals surface area (Å²) in [5.74, 6) is 1.58. The van der Waals surface area contributed by atoms with Crippen molar-refractivity contribution in [1.29, 1.82) is 0 Å². The number of nitrogens with one attached hydrogen (secondary N) is 2. The molecular weight excluding hydrogens is 204 g/mol. The molecule has 3 aliphatic rings. The first-order chi connectivity index (χ1) is 7.72. The fraction of sp³-hybridized carbons (Fsp3) is 0.833. The molecule has 0 aromatic rings. The summed E-state index contributed by atoms with van der Waals surface area (Å²) in [6, 6.07) is 0.107. The van der Waals surface area contributed by atoms with Gasteiger partial charge in [0.2, 0.25) is 11.8 Å². The molecule has 88 valence electrons. The number of carbonyl (C=O) groups excluding carboxylic acids is 2. The first kappa shape index (κ1) is 10.1. The minimum atomic E-state index is -0.272. The van der Waals surface area contributed by atoms with Gasteiger partial charge in [-0.3, -0.25) is 9.59 Å². The largest absolute Gasteiger partial charge is 0.351 e. The molecule has 0 aromatic carbocycles. The quantitative estimate of drug-likeness (QED) is 0.717. The van der Waals surface area contributed by atoms with Crippen LogP contribution in [0.1, 0.15) is 38.5 Å². The van der Waals surface area contributed by atoms with Crippen molar-refractivity contribution in [3.8, 4) is 0 Å². The van der Waals surface area contributed by atoms with Crippen LogP contribution in [0.3, 0.4) is 0 Å². The van der Waals surface area contributed by atoms with E-state index in [0.717, 1.165) is 12.3 Å². The van der Waals surface area contributed by atoms with E-state index in [9.17, 15) is 9.59 Å². The lowest BCUT2D eigenvalue weighted by Gasteiger charge is -2.24. The van der Waals surface area contributed by atoms with E-state index in [4.69, 9.17) is 0 Å². The van der Waals surface area contributed by atoms with Crippen molar-refractivity contribution in [3.05, 3.63) is 0 Å². The molecule has 2 amide bonds. The summed E-state index contributed by atoms with van der Waals surface area (Å²) >= 11 is 0. The van der Waals surface area contributed by atoms with Crippen LogP contribution in [0.2, 0.25) is 0 Å². The van der Waals surface area contributed by atoms with Crippen LogP contribution < -0.4 is 10.6 Å². The van der Waals surface area contributed by atoms with E-state index in [2.05, 4.69) is 10.6 Å². The van der Waals surface area contributed by atoms with Gasteiger partial charge in [0, 0.05) is 12.5 Å². The second-order valence-corrected chi connectivity index (χ2v) is 5.45. The first-order valence-corrected chi connectivity index (χ1v) is 6.32. The monoisotopic (exact) mass is 222 g/mol. The Labute approximate surface area is 95.2 Å². The van der Waals surface area contributed by atoms with Gasteiger partial charge in [0.1, 0.15) is 6.04 Å². The summed E-state index contributed by atoms with van der Waals surface area (Å²) in [4.78, 5) is 22.9. The molecule has 3 fully saturated rings. The molecule has 2 saturated carbocycles. The predicted octanol–water partition coefficient (Wildman–Crippen LogP) is 0.570. The minimum Gasteiger partial charge on any atom is -0.351 e. The Kier molecular flexibility index (Phi) is 2.37. The lowest BCUT2D eigenvalue weighted by molar-refractivity contribution is -0.126. The van der Waals surface area contributed by atoms with Crippen LogP contribution in [-0.2, 0) is 9.59 Å². The molecule has 1 heterocycles. The zero-order chi connectivity index (χ0) is 11.1. The Morgan fingerprint density at radius 1 is 1.25 bits per heavy atom. The molecular formula is C12H18N2O2. The number of carbonyl (C=O) groups is 2. The van der Waals surface area contributed by atoms with Gasteiger partial charge >= 0.3 is 0 Å². The normalized spacial score (nSPS) is 41.1. The summed E-state index contributed by atoms with van der Waals surface area (Å²) in [6.45, 7) is 0. The van der Waals surface area contributed by atoms with E-state index in [-0.39, 0.29) is 17.9 Å². The van der Waals surface area contributed by atoms with E-state index in [1.807, 2.05) is 0 Å². The molecule has 0 spiro atoms. The van der Waals surface area contributed by atoms with Crippen LogP contribution in [0.4, 0.5) is 0 Å². The number of fused-ring (bicyclic) bond motifs is 2. The minimum absolute atomic E-state index is 0.00749. The van der Waals surface area contributed by atoms with Gasteiger partial charge in [-0.15, -0.1) is 0 Å². The van der Waals surface area contributed by atoms with Gasteiger partial charge in [-0.25, -0.2) is 0 Å². The molecule has 0 radical (unpaired) electrons. The lowest BCUT2D eigenvalue weighted by Crippen LogP contribution is -2.47. The van der Waals surface area contributed by atoms with Crippen molar-refractivity contribution < 1.29 is 9.59 Å². The lowest BCUT2D eigenvalue weighted by atomic mass is 9.95. The van der Waals surface area contributed by atoms with Gasteiger partial charge in [0.25, 0.3) is 0 Å². The summed E-state index contributed by atoms with van der Waals surface area (Å²) in [7, 11) is 0. The molecule has 3 rings (SSSR count). The average Bonchev–Trinajstić information content (AvgIpc) is 2.92. The van der Waals surface area contributed by atoms with Gasteiger partial charge in [0.05, 0.1) is 0 Å². The third-order valence-corrected chi connectivity index (χ3v) is 4.38. The van der Waals surface area contributed by atoms with Crippen LogP contribution >= 0.6 is 0 Å². The highest BCUT2D eigenvalue weighted by Crippen LogP contribution is 2.44. The van der Waals surface area contributed by atoms with Crippen LogP contribution in [0.15, 0.2) is 0 Å².